The Labute approximate surface area is 150 Å². The first-order valence-corrected chi connectivity index (χ1v) is 8.18. The Hall–Kier alpha value is -2.73. The lowest BCUT2D eigenvalue weighted by atomic mass is 10.1. The highest BCUT2D eigenvalue weighted by molar-refractivity contribution is 5.95. The molecular formula is C20H20F2N2O2. The van der Waals surface area contributed by atoms with Gasteiger partial charge in [0.05, 0.1) is 19.8 Å². The van der Waals surface area contributed by atoms with E-state index in [2.05, 4.69) is 10.3 Å². The molecule has 1 N–H and O–H groups in total. The summed E-state index contributed by atoms with van der Waals surface area (Å²) < 4.78 is 37.6. The van der Waals surface area contributed by atoms with Crippen LogP contribution in [-0.2, 0) is 4.74 Å². The SMILES string of the molecule is COCC(Nc1cc(C)nc2c(OC)cccc12)c1ccc(F)c(F)c1. The zero-order valence-corrected chi connectivity index (χ0v) is 14.8. The Morgan fingerprint density at radius 1 is 1.08 bits per heavy atom. The molecule has 0 spiro atoms. The molecule has 6 heteroatoms. The molecule has 1 aromatic heterocycles. The first-order chi connectivity index (χ1) is 12.5. The molecule has 0 aliphatic heterocycles. The van der Waals surface area contributed by atoms with E-state index in [0.717, 1.165) is 28.4 Å². The number of hydrogen-bond acceptors (Lipinski definition) is 4. The van der Waals surface area contributed by atoms with Crippen LogP contribution in [0.25, 0.3) is 10.9 Å². The summed E-state index contributed by atoms with van der Waals surface area (Å²) in [4.78, 5) is 4.55. The first-order valence-electron chi connectivity index (χ1n) is 8.18. The van der Waals surface area contributed by atoms with E-state index >= 15 is 0 Å². The monoisotopic (exact) mass is 358 g/mol. The van der Waals surface area contributed by atoms with Crippen molar-refractivity contribution in [3.63, 3.8) is 0 Å². The number of anilines is 1. The van der Waals surface area contributed by atoms with E-state index in [1.807, 2.05) is 31.2 Å². The summed E-state index contributed by atoms with van der Waals surface area (Å²) in [7, 11) is 3.16. The molecule has 3 aromatic rings. The minimum absolute atomic E-state index is 0.290. The van der Waals surface area contributed by atoms with Gasteiger partial charge in [0.1, 0.15) is 11.3 Å². The number of pyridine rings is 1. The van der Waals surface area contributed by atoms with Crippen LogP contribution in [0.5, 0.6) is 5.75 Å². The number of ether oxygens (including phenoxy) is 2. The smallest absolute Gasteiger partial charge is 0.159 e. The highest BCUT2D eigenvalue weighted by atomic mass is 19.2. The summed E-state index contributed by atoms with van der Waals surface area (Å²) in [6.07, 6.45) is 0. The van der Waals surface area contributed by atoms with Crippen LogP contribution in [-0.4, -0.2) is 25.8 Å². The van der Waals surface area contributed by atoms with Gasteiger partial charge in [-0.2, -0.15) is 0 Å². The average molecular weight is 358 g/mol. The van der Waals surface area contributed by atoms with Crippen molar-refractivity contribution in [2.24, 2.45) is 0 Å². The van der Waals surface area contributed by atoms with Crippen LogP contribution in [0, 0.1) is 18.6 Å². The van der Waals surface area contributed by atoms with E-state index in [0.29, 0.717) is 11.3 Å². The second-order valence-corrected chi connectivity index (χ2v) is 5.99. The number of nitrogens with one attached hydrogen (secondary N) is 1. The number of benzene rings is 2. The third-order valence-electron chi connectivity index (χ3n) is 4.16. The van der Waals surface area contributed by atoms with Gasteiger partial charge in [0.15, 0.2) is 11.6 Å². The lowest BCUT2D eigenvalue weighted by molar-refractivity contribution is 0.186. The third kappa shape index (κ3) is 3.60. The standard InChI is InChI=1S/C20H20F2N2O2/c1-12-9-17(14-5-4-6-19(26-3)20(14)23-12)24-18(11-25-2)13-7-8-15(21)16(22)10-13/h4-10,18H,11H2,1-3H3,(H,23,24). The molecule has 0 saturated heterocycles. The summed E-state index contributed by atoms with van der Waals surface area (Å²) >= 11 is 0. The van der Waals surface area contributed by atoms with Gasteiger partial charge < -0.3 is 14.8 Å². The molecule has 1 heterocycles. The Kier molecular flexibility index (Phi) is 5.32. The topological polar surface area (TPSA) is 43.4 Å². The molecule has 3 rings (SSSR count). The zero-order valence-electron chi connectivity index (χ0n) is 14.8. The molecule has 0 bridgehead atoms. The molecule has 1 unspecified atom stereocenters. The molecule has 0 radical (unpaired) electrons. The van der Waals surface area contributed by atoms with Crippen LogP contribution in [0.1, 0.15) is 17.3 Å². The number of aromatic nitrogens is 1. The second kappa shape index (κ2) is 7.66. The predicted octanol–water partition coefficient (Wildman–Crippen LogP) is 4.63. The van der Waals surface area contributed by atoms with E-state index in [9.17, 15) is 8.78 Å². The summed E-state index contributed by atoms with van der Waals surface area (Å²) in [5, 5.41) is 4.24. The molecule has 4 nitrogen and oxygen atoms in total. The fourth-order valence-electron chi connectivity index (χ4n) is 2.94. The number of hydrogen-bond donors (Lipinski definition) is 1. The lowest BCUT2D eigenvalue weighted by Crippen LogP contribution is -2.17. The van der Waals surface area contributed by atoms with Gasteiger partial charge in [-0.15, -0.1) is 0 Å². The molecular weight excluding hydrogens is 338 g/mol. The summed E-state index contributed by atoms with van der Waals surface area (Å²) in [5.74, 6) is -1.09. The molecule has 26 heavy (non-hydrogen) atoms. The van der Waals surface area contributed by atoms with Crippen molar-refractivity contribution in [2.75, 3.05) is 26.1 Å². The fourth-order valence-corrected chi connectivity index (χ4v) is 2.94. The highest BCUT2D eigenvalue weighted by Crippen LogP contribution is 2.32. The van der Waals surface area contributed by atoms with E-state index in [-0.39, 0.29) is 12.6 Å². The molecule has 136 valence electrons. The van der Waals surface area contributed by atoms with Crippen LogP contribution in [0.15, 0.2) is 42.5 Å². The van der Waals surface area contributed by atoms with E-state index in [1.165, 1.54) is 6.07 Å². The largest absolute Gasteiger partial charge is 0.494 e. The van der Waals surface area contributed by atoms with E-state index in [1.54, 1.807) is 20.3 Å². The van der Waals surface area contributed by atoms with Crippen LogP contribution in [0.3, 0.4) is 0 Å². The van der Waals surface area contributed by atoms with E-state index < -0.39 is 11.6 Å². The van der Waals surface area contributed by atoms with Crippen molar-refractivity contribution in [3.05, 3.63) is 65.4 Å². The lowest BCUT2D eigenvalue weighted by Gasteiger charge is -2.21. The number of methoxy groups -OCH3 is 2. The van der Waals surface area contributed by atoms with Crippen molar-refractivity contribution in [2.45, 2.75) is 13.0 Å². The van der Waals surface area contributed by atoms with Gasteiger partial charge in [-0.3, -0.25) is 0 Å². The maximum atomic E-state index is 13.7. The Morgan fingerprint density at radius 2 is 1.88 bits per heavy atom. The molecule has 1 atom stereocenters. The van der Waals surface area contributed by atoms with Gasteiger partial charge in [0, 0.05) is 23.9 Å². The van der Waals surface area contributed by atoms with Gasteiger partial charge in [0.2, 0.25) is 0 Å². The number of fused-ring (bicyclic) bond motifs is 1. The summed E-state index contributed by atoms with van der Waals surface area (Å²) in [6, 6.07) is 11.1. The third-order valence-corrected chi connectivity index (χ3v) is 4.16. The van der Waals surface area contributed by atoms with Crippen LogP contribution in [0.4, 0.5) is 14.5 Å². The molecule has 0 aliphatic carbocycles. The van der Waals surface area contributed by atoms with Crippen LogP contribution >= 0.6 is 0 Å². The van der Waals surface area contributed by atoms with Gasteiger partial charge in [-0.1, -0.05) is 18.2 Å². The van der Waals surface area contributed by atoms with Crippen molar-refractivity contribution in [1.29, 1.82) is 0 Å². The Morgan fingerprint density at radius 3 is 2.58 bits per heavy atom. The van der Waals surface area contributed by atoms with Crippen LogP contribution < -0.4 is 10.1 Å². The average Bonchev–Trinajstić information content (AvgIpc) is 2.63. The number of halogens is 2. The maximum absolute atomic E-state index is 13.7. The normalized spacial score (nSPS) is 12.2. The minimum Gasteiger partial charge on any atom is -0.494 e. The molecule has 0 aliphatic rings. The van der Waals surface area contributed by atoms with Crippen LogP contribution in [0.2, 0.25) is 0 Å². The second-order valence-electron chi connectivity index (χ2n) is 5.99. The highest BCUT2D eigenvalue weighted by Gasteiger charge is 2.16. The molecule has 0 saturated carbocycles. The van der Waals surface area contributed by atoms with Crippen molar-refractivity contribution >= 4 is 16.6 Å². The van der Waals surface area contributed by atoms with Gasteiger partial charge in [-0.05, 0) is 36.8 Å². The Bertz CT molecular complexity index is 931. The summed E-state index contributed by atoms with van der Waals surface area (Å²) in [6.45, 7) is 2.18. The quantitative estimate of drug-likeness (QED) is 0.698. The van der Waals surface area contributed by atoms with E-state index in [4.69, 9.17) is 9.47 Å². The maximum Gasteiger partial charge on any atom is 0.159 e. The van der Waals surface area contributed by atoms with Crippen molar-refractivity contribution in [1.82, 2.24) is 4.98 Å². The molecule has 0 amide bonds. The summed E-state index contributed by atoms with van der Waals surface area (Å²) in [5.41, 5.74) is 2.96. The molecule has 2 aromatic carbocycles. The zero-order chi connectivity index (χ0) is 18.7. The predicted molar refractivity (Wildman–Crippen MR) is 97.6 cm³/mol. The number of para-hydroxylation sites is 1. The number of aryl methyl sites for hydroxylation is 1. The van der Waals surface area contributed by atoms with Gasteiger partial charge in [0.25, 0.3) is 0 Å². The Balaban J connectivity index is 2.05. The number of rotatable bonds is 6. The number of nitrogens with zero attached hydrogens (tertiary/aromatic N) is 1. The first kappa shape index (κ1) is 18.1. The van der Waals surface area contributed by atoms with Gasteiger partial charge >= 0.3 is 0 Å². The van der Waals surface area contributed by atoms with Gasteiger partial charge in [-0.25, -0.2) is 13.8 Å². The fraction of sp³-hybridized carbons (Fsp3) is 0.250. The minimum atomic E-state index is -0.886. The molecule has 0 fully saturated rings. The van der Waals surface area contributed by atoms with Crippen molar-refractivity contribution in [3.8, 4) is 5.75 Å². The van der Waals surface area contributed by atoms with Crippen molar-refractivity contribution < 1.29 is 18.3 Å².